The SMILES string of the molecule is CCOC(=O)C1(C(=O)OCC)C[C@@H]2COC3CCCCCC1C32. The summed E-state index contributed by atoms with van der Waals surface area (Å²) < 4.78 is 16.7. The number of carbonyl (C=O) groups excluding carboxylic acids is 2. The molecule has 2 aliphatic carbocycles. The minimum Gasteiger partial charge on any atom is -0.465 e. The van der Waals surface area contributed by atoms with Crippen LogP contribution < -0.4 is 0 Å². The Morgan fingerprint density at radius 1 is 1.04 bits per heavy atom. The second-order valence-electron chi connectivity index (χ2n) is 7.07. The third-order valence-electron chi connectivity index (χ3n) is 5.96. The van der Waals surface area contributed by atoms with Gasteiger partial charge in [-0.3, -0.25) is 9.59 Å². The first-order valence-corrected chi connectivity index (χ1v) is 9.11. The highest BCUT2D eigenvalue weighted by molar-refractivity contribution is 6.01. The van der Waals surface area contributed by atoms with E-state index in [9.17, 15) is 9.59 Å². The fourth-order valence-corrected chi connectivity index (χ4v) is 5.12. The number of esters is 2. The molecule has 0 N–H and O–H groups in total. The van der Waals surface area contributed by atoms with Crippen LogP contribution >= 0.6 is 0 Å². The Bertz CT molecular complexity index is 442. The van der Waals surface area contributed by atoms with E-state index in [-0.39, 0.29) is 29.9 Å². The molecule has 0 spiro atoms. The molecule has 3 fully saturated rings. The van der Waals surface area contributed by atoms with Gasteiger partial charge in [-0.05, 0) is 50.9 Å². The quantitative estimate of drug-likeness (QED) is 0.588. The van der Waals surface area contributed by atoms with E-state index in [4.69, 9.17) is 14.2 Å². The maximum Gasteiger partial charge on any atom is 0.323 e. The zero-order valence-electron chi connectivity index (χ0n) is 14.2. The number of ether oxygens (including phenoxy) is 3. The summed E-state index contributed by atoms with van der Waals surface area (Å²) in [5.41, 5.74) is -1.11. The van der Waals surface area contributed by atoms with Crippen LogP contribution in [0.25, 0.3) is 0 Å². The van der Waals surface area contributed by atoms with E-state index in [1.54, 1.807) is 13.8 Å². The van der Waals surface area contributed by atoms with Crippen LogP contribution in [0.4, 0.5) is 0 Å². The monoisotopic (exact) mass is 324 g/mol. The lowest BCUT2D eigenvalue weighted by Gasteiger charge is -2.36. The van der Waals surface area contributed by atoms with Crippen molar-refractivity contribution in [3.8, 4) is 0 Å². The van der Waals surface area contributed by atoms with E-state index >= 15 is 0 Å². The summed E-state index contributed by atoms with van der Waals surface area (Å²) in [7, 11) is 0. The minimum absolute atomic E-state index is 0.00148. The van der Waals surface area contributed by atoms with Crippen LogP contribution in [0, 0.1) is 23.2 Å². The second-order valence-corrected chi connectivity index (χ2v) is 7.07. The molecular formula is C18H28O5. The molecule has 2 saturated carbocycles. The van der Waals surface area contributed by atoms with Crippen molar-refractivity contribution in [1.29, 1.82) is 0 Å². The van der Waals surface area contributed by atoms with Crippen LogP contribution in [-0.4, -0.2) is 37.9 Å². The molecule has 4 atom stereocenters. The summed E-state index contributed by atoms with van der Waals surface area (Å²) in [6, 6.07) is 0. The second kappa shape index (κ2) is 6.80. The van der Waals surface area contributed by atoms with Gasteiger partial charge in [0.15, 0.2) is 5.41 Å². The first kappa shape index (κ1) is 16.7. The van der Waals surface area contributed by atoms with Crippen molar-refractivity contribution in [2.24, 2.45) is 23.2 Å². The van der Waals surface area contributed by atoms with Gasteiger partial charge in [0, 0.05) is 0 Å². The third kappa shape index (κ3) is 2.67. The van der Waals surface area contributed by atoms with E-state index in [0.717, 1.165) is 25.7 Å². The zero-order chi connectivity index (χ0) is 16.4. The van der Waals surface area contributed by atoms with Gasteiger partial charge in [0.1, 0.15) is 0 Å². The maximum atomic E-state index is 12.8. The predicted octanol–water partition coefficient (Wildman–Crippen LogP) is 2.71. The Balaban J connectivity index is 1.97. The Morgan fingerprint density at radius 2 is 1.70 bits per heavy atom. The van der Waals surface area contributed by atoms with Gasteiger partial charge in [0.05, 0.1) is 25.9 Å². The third-order valence-corrected chi connectivity index (χ3v) is 5.96. The van der Waals surface area contributed by atoms with Crippen molar-refractivity contribution in [3.63, 3.8) is 0 Å². The fourth-order valence-electron chi connectivity index (χ4n) is 5.12. The molecule has 1 saturated heterocycles. The van der Waals surface area contributed by atoms with Gasteiger partial charge < -0.3 is 14.2 Å². The van der Waals surface area contributed by atoms with Crippen molar-refractivity contribution in [2.45, 2.75) is 58.5 Å². The number of carbonyl (C=O) groups is 2. The molecule has 23 heavy (non-hydrogen) atoms. The van der Waals surface area contributed by atoms with Crippen LogP contribution in [0.3, 0.4) is 0 Å². The van der Waals surface area contributed by atoms with Crippen molar-refractivity contribution >= 4 is 11.9 Å². The molecule has 0 radical (unpaired) electrons. The largest absolute Gasteiger partial charge is 0.465 e. The zero-order valence-corrected chi connectivity index (χ0v) is 14.2. The fraction of sp³-hybridized carbons (Fsp3) is 0.889. The first-order chi connectivity index (χ1) is 11.1. The number of rotatable bonds is 4. The highest BCUT2D eigenvalue weighted by atomic mass is 16.6. The lowest BCUT2D eigenvalue weighted by atomic mass is 9.70. The topological polar surface area (TPSA) is 61.8 Å². The molecule has 0 amide bonds. The maximum absolute atomic E-state index is 12.8. The smallest absolute Gasteiger partial charge is 0.323 e. The number of hydrogen-bond donors (Lipinski definition) is 0. The molecular weight excluding hydrogens is 296 g/mol. The van der Waals surface area contributed by atoms with Gasteiger partial charge in [0.2, 0.25) is 0 Å². The Hall–Kier alpha value is -1.10. The molecule has 130 valence electrons. The predicted molar refractivity (Wildman–Crippen MR) is 83.6 cm³/mol. The summed E-state index contributed by atoms with van der Waals surface area (Å²) in [6.07, 6.45) is 6.01. The summed E-state index contributed by atoms with van der Waals surface area (Å²) in [4.78, 5) is 25.7. The summed E-state index contributed by atoms with van der Waals surface area (Å²) in [5.74, 6) is -0.186. The molecule has 0 bridgehead atoms. The van der Waals surface area contributed by atoms with Gasteiger partial charge in [-0.1, -0.05) is 19.3 Å². The first-order valence-electron chi connectivity index (χ1n) is 9.11. The van der Waals surface area contributed by atoms with Gasteiger partial charge >= 0.3 is 11.9 Å². The molecule has 1 aliphatic heterocycles. The summed E-state index contributed by atoms with van der Waals surface area (Å²) >= 11 is 0. The lowest BCUT2D eigenvalue weighted by Crippen LogP contribution is -2.47. The average Bonchev–Trinajstić information content (AvgIpc) is 3.01. The Morgan fingerprint density at radius 3 is 2.35 bits per heavy atom. The standard InChI is InChI=1S/C18H28O5/c1-3-21-16(19)18(17(20)22-4-2)10-12-11-23-14-9-7-5-6-8-13(18)15(12)14/h12-15H,3-11H2,1-2H3/t12-,13?,14?,15?/m1/s1. The van der Waals surface area contributed by atoms with Crippen molar-refractivity contribution < 1.29 is 23.8 Å². The van der Waals surface area contributed by atoms with Crippen LogP contribution in [-0.2, 0) is 23.8 Å². The highest BCUT2D eigenvalue weighted by Gasteiger charge is 2.66. The van der Waals surface area contributed by atoms with E-state index in [2.05, 4.69) is 0 Å². The Kier molecular flexibility index (Phi) is 4.95. The number of hydrogen-bond acceptors (Lipinski definition) is 5. The molecule has 0 aromatic heterocycles. The van der Waals surface area contributed by atoms with Crippen LogP contribution in [0.15, 0.2) is 0 Å². The Labute approximate surface area is 138 Å². The van der Waals surface area contributed by atoms with Gasteiger partial charge in [0.25, 0.3) is 0 Å². The molecule has 3 rings (SSSR count). The van der Waals surface area contributed by atoms with E-state index in [1.807, 2.05) is 0 Å². The van der Waals surface area contributed by atoms with E-state index in [0.29, 0.717) is 32.2 Å². The molecule has 3 aliphatic rings. The summed E-state index contributed by atoms with van der Waals surface area (Å²) in [5, 5.41) is 0. The van der Waals surface area contributed by atoms with Crippen molar-refractivity contribution in [1.82, 2.24) is 0 Å². The van der Waals surface area contributed by atoms with E-state index < -0.39 is 5.41 Å². The molecule has 0 aromatic carbocycles. The molecule has 5 heteroatoms. The lowest BCUT2D eigenvalue weighted by molar-refractivity contribution is -0.177. The van der Waals surface area contributed by atoms with Gasteiger partial charge in [-0.15, -0.1) is 0 Å². The molecule has 5 nitrogen and oxygen atoms in total. The summed E-state index contributed by atoms with van der Waals surface area (Å²) in [6.45, 7) is 4.82. The van der Waals surface area contributed by atoms with Gasteiger partial charge in [-0.2, -0.15) is 0 Å². The molecule has 0 aromatic rings. The van der Waals surface area contributed by atoms with Gasteiger partial charge in [-0.25, -0.2) is 0 Å². The van der Waals surface area contributed by atoms with Crippen molar-refractivity contribution in [2.75, 3.05) is 19.8 Å². The van der Waals surface area contributed by atoms with Crippen LogP contribution in [0.2, 0.25) is 0 Å². The van der Waals surface area contributed by atoms with E-state index in [1.165, 1.54) is 6.42 Å². The average molecular weight is 324 g/mol. The van der Waals surface area contributed by atoms with Crippen LogP contribution in [0.5, 0.6) is 0 Å². The highest BCUT2D eigenvalue weighted by Crippen LogP contribution is 2.59. The molecule has 3 unspecified atom stereocenters. The minimum atomic E-state index is -1.11. The molecule has 1 heterocycles. The van der Waals surface area contributed by atoms with Crippen LogP contribution in [0.1, 0.15) is 52.4 Å². The normalized spacial score (nSPS) is 35.0. The van der Waals surface area contributed by atoms with Crippen molar-refractivity contribution in [3.05, 3.63) is 0 Å².